The zero-order valence-electron chi connectivity index (χ0n) is 10.6. The molecule has 1 aromatic rings. The summed E-state index contributed by atoms with van der Waals surface area (Å²) >= 11 is 5.17. The molecule has 0 bridgehead atoms. The summed E-state index contributed by atoms with van der Waals surface area (Å²) in [7, 11) is 0. The molecule has 0 radical (unpaired) electrons. The number of rotatable bonds is 5. The van der Waals surface area contributed by atoms with Crippen LogP contribution < -0.4 is 10.6 Å². The monoisotopic (exact) mass is 248 g/mol. The van der Waals surface area contributed by atoms with Crippen LogP contribution in [0, 0.1) is 6.92 Å². The standard InChI is InChI=1S/C14H20N2S/c1-3-8-16(11-5-6-11)13-7-4-10(2)9-12(13)14(15)17/h4,7,9,11H,3,5-6,8H2,1-2H3,(H2,15,17). The van der Waals surface area contributed by atoms with Crippen LogP contribution in [0.2, 0.25) is 0 Å². The van der Waals surface area contributed by atoms with Gasteiger partial charge in [-0.3, -0.25) is 0 Å². The van der Waals surface area contributed by atoms with Crippen LogP contribution in [0.5, 0.6) is 0 Å². The van der Waals surface area contributed by atoms with E-state index >= 15 is 0 Å². The minimum atomic E-state index is 0.505. The van der Waals surface area contributed by atoms with E-state index in [9.17, 15) is 0 Å². The van der Waals surface area contributed by atoms with Crippen LogP contribution >= 0.6 is 12.2 Å². The number of thiocarbonyl (C=S) groups is 1. The zero-order chi connectivity index (χ0) is 12.4. The fourth-order valence-electron chi connectivity index (χ4n) is 2.22. The highest BCUT2D eigenvalue weighted by Gasteiger charge is 2.30. The van der Waals surface area contributed by atoms with Gasteiger partial charge in [0.15, 0.2) is 0 Å². The van der Waals surface area contributed by atoms with Gasteiger partial charge in [0.25, 0.3) is 0 Å². The molecule has 0 saturated heterocycles. The van der Waals surface area contributed by atoms with Gasteiger partial charge >= 0.3 is 0 Å². The average molecular weight is 248 g/mol. The van der Waals surface area contributed by atoms with Crippen molar-refractivity contribution in [3.63, 3.8) is 0 Å². The van der Waals surface area contributed by atoms with E-state index in [-0.39, 0.29) is 0 Å². The Labute approximate surface area is 109 Å². The molecule has 0 heterocycles. The predicted octanol–water partition coefficient (Wildman–Crippen LogP) is 3.01. The Hall–Kier alpha value is -1.09. The van der Waals surface area contributed by atoms with Crippen LogP contribution in [0.3, 0.4) is 0 Å². The van der Waals surface area contributed by atoms with Crippen LogP contribution in [0.1, 0.15) is 37.3 Å². The van der Waals surface area contributed by atoms with E-state index in [1.807, 2.05) is 0 Å². The van der Waals surface area contributed by atoms with Crippen molar-refractivity contribution in [2.45, 2.75) is 39.2 Å². The second kappa shape index (κ2) is 5.05. The van der Waals surface area contributed by atoms with Crippen LogP contribution in [0.4, 0.5) is 5.69 Å². The van der Waals surface area contributed by atoms with Gasteiger partial charge in [0, 0.05) is 23.8 Å². The van der Waals surface area contributed by atoms with Crippen molar-refractivity contribution in [1.82, 2.24) is 0 Å². The lowest BCUT2D eigenvalue weighted by atomic mass is 10.1. The van der Waals surface area contributed by atoms with E-state index < -0.39 is 0 Å². The Kier molecular flexibility index (Phi) is 3.67. The highest BCUT2D eigenvalue weighted by molar-refractivity contribution is 7.80. The summed E-state index contributed by atoms with van der Waals surface area (Å²) < 4.78 is 0. The Morgan fingerprint density at radius 2 is 2.18 bits per heavy atom. The third-order valence-electron chi connectivity index (χ3n) is 3.18. The number of anilines is 1. The number of nitrogens with two attached hydrogens (primary N) is 1. The van der Waals surface area contributed by atoms with Crippen molar-refractivity contribution < 1.29 is 0 Å². The molecular formula is C14H20N2S. The molecule has 1 aromatic carbocycles. The number of nitrogens with zero attached hydrogens (tertiary/aromatic N) is 1. The summed E-state index contributed by atoms with van der Waals surface area (Å²) in [6.45, 7) is 5.38. The minimum Gasteiger partial charge on any atom is -0.389 e. The van der Waals surface area contributed by atoms with Gasteiger partial charge in [0.05, 0.1) is 0 Å². The molecule has 1 fully saturated rings. The molecule has 92 valence electrons. The van der Waals surface area contributed by atoms with Gasteiger partial charge in [-0.05, 0) is 38.3 Å². The average Bonchev–Trinajstić information content (AvgIpc) is 3.10. The van der Waals surface area contributed by atoms with E-state index in [4.69, 9.17) is 18.0 Å². The first-order chi connectivity index (χ1) is 8.13. The summed E-state index contributed by atoms with van der Waals surface area (Å²) in [5, 5.41) is 0. The van der Waals surface area contributed by atoms with Gasteiger partial charge < -0.3 is 10.6 Å². The SMILES string of the molecule is CCCN(c1ccc(C)cc1C(N)=S)C1CC1. The maximum absolute atomic E-state index is 5.84. The molecule has 0 aliphatic heterocycles. The van der Waals surface area contributed by atoms with Gasteiger partial charge in [0.1, 0.15) is 4.99 Å². The summed E-state index contributed by atoms with van der Waals surface area (Å²) in [5.41, 5.74) is 9.30. The number of aryl methyl sites for hydroxylation is 1. The van der Waals surface area contributed by atoms with E-state index in [2.05, 4.69) is 36.9 Å². The maximum Gasteiger partial charge on any atom is 0.106 e. The van der Waals surface area contributed by atoms with Gasteiger partial charge in [-0.25, -0.2) is 0 Å². The van der Waals surface area contributed by atoms with Gasteiger partial charge in [-0.2, -0.15) is 0 Å². The summed E-state index contributed by atoms with van der Waals surface area (Å²) in [5.74, 6) is 0. The third-order valence-corrected chi connectivity index (χ3v) is 3.40. The van der Waals surface area contributed by atoms with Crippen molar-refractivity contribution in [1.29, 1.82) is 0 Å². The quantitative estimate of drug-likeness (QED) is 0.812. The first-order valence-corrected chi connectivity index (χ1v) is 6.71. The topological polar surface area (TPSA) is 29.3 Å². The normalized spacial score (nSPS) is 14.7. The molecular weight excluding hydrogens is 228 g/mol. The first-order valence-electron chi connectivity index (χ1n) is 6.30. The highest BCUT2D eigenvalue weighted by Crippen LogP contribution is 2.34. The summed E-state index contributed by atoms with van der Waals surface area (Å²) in [6.07, 6.45) is 3.75. The zero-order valence-corrected chi connectivity index (χ0v) is 11.4. The molecule has 1 saturated carbocycles. The number of hydrogen-bond donors (Lipinski definition) is 1. The fourth-order valence-corrected chi connectivity index (χ4v) is 2.39. The first kappa shape index (κ1) is 12.4. The van der Waals surface area contributed by atoms with E-state index in [0.29, 0.717) is 11.0 Å². The molecule has 2 N–H and O–H groups in total. The van der Waals surface area contributed by atoms with E-state index in [1.54, 1.807) is 0 Å². The molecule has 0 atom stereocenters. The molecule has 3 heteroatoms. The van der Waals surface area contributed by atoms with Crippen molar-refractivity contribution in [3.8, 4) is 0 Å². The molecule has 0 aromatic heterocycles. The molecule has 0 unspecified atom stereocenters. The fraction of sp³-hybridized carbons (Fsp3) is 0.500. The Morgan fingerprint density at radius 3 is 2.71 bits per heavy atom. The summed E-state index contributed by atoms with van der Waals surface area (Å²) in [4.78, 5) is 2.97. The van der Waals surface area contributed by atoms with Crippen molar-refractivity contribution >= 4 is 22.9 Å². The van der Waals surface area contributed by atoms with Gasteiger partial charge in [-0.1, -0.05) is 30.8 Å². The van der Waals surface area contributed by atoms with E-state index in [1.165, 1.54) is 24.1 Å². The minimum absolute atomic E-state index is 0.505. The lowest BCUT2D eigenvalue weighted by molar-refractivity contribution is 0.762. The maximum atomic E-state index is 5.84. The van der Waals surface area contributed by atoms with Crippen LogP contribution in [0.15, 0.2) is 18.2 Å². The number of hydrogen-bond acceptors (Lipinski definition) is 2. The number of benzene rings is 1. The molecule has 2 rings (SSSR count). The molecule has 17 heavy (non-hydrogen) atoms. The van der Waals surface area contributed by atoms with Crippen molar-refractivity contribution in [2.75, 3.05) is 11.4 Å². The highest BCUT2D eigenvalue weighted by atomic mass is 32.1. The lowest BCUT2D eigenvalue weighted by Gasteiger charge is -2.26. The molecule has 0 spiro atoms. The van der Waals surface area contributed by atoms with Crippen LogP contribution in [0.25, 0.3) is 0 Å². The van der Waals surface area contributed by atoms with Crippen LogP contribution in [-0.2, 0) is 0 Å². The Bertz CT molecular complexity index is 424. The molecule has 1 aliphatic carbocycles. The van der Waals surface area contributed by atoms with Crippen molar-refractivity contribution in [2.24, 2.45) is 5.73 Å². The van der Waals surface area contributed by atoms with Crippen LogP contribution in [-0.4, -0.2) is 17.6 Å². The van der Waals surface area contributed by atoms with Crippen molar-refractivity contribution in [3.05, 3.63) is 29.3 Å². The second-order valence-electron chi connectivity index (χ2n) is 4.81. The van der Waals surface area contributed by atoms with Gasteiger partial charge in [-0.15, -0.1) is 0 Å². The third kappa shape index (κ3) is 2.78. The lowest BCUT2D eigenvalue weighted by Crippen LogP contribution is -2.29. The van der Waals surface area contributed by atoms with E-state index in [0.717, 1.165) is 18.5 Å². The smallest absolute Gasteiger partial charge is 0.106 e. The Morgan fingerprint density at radius 1 is 1.47 bits per heavy atom. The largest absolute Gasteiger partial charge is 0.389 e. The molecule has 2 nitrogen and oxygen atoms in total. The molecule has 0 amide bonds. The summed E-state index contributed by atoms with van der Waals surface area (Å²) in [6, 6.07) is 7.11. The predicted molar refractivity (Wildman–Crippen MR) is 77.7 cm³/mol. The molecule has 1 aliphatic rings. The van der Waals surface area contributed by atoms with Gasteiger partial charge in [0.2, 0.25) is 0 Å². The Balaban J connectivity index is 2.37. The second-order valence-corrected chi connectivity index (χ2v) is 5.25.